The predicted octanol–water partition coefficient (Wildman–Crippen LogP) is 2.77. The topological polar surface area (TPSA) is 65.4 Å². The van der Waals surface area contributed by atoms with Crippen LogP contribution in [0.25, 0.3) is 0 Å². The zero-order chi connectivity index (χ0) is 12.3. The van der Waals surface area contributed by atoms with E-state index in [4.69, 9.17) is 10.5 Å². The number of imidazole rings is 1. The third-order valence-electron chi connectivity index (χ3n) is 3.79. The minimum atomic E-state index is 0.255. The second kappa shape index (κ2) is 5.01. The third-order valence-corrected chi connectivity index (χ3v) is 3.79. The average Bonchev–Trinajstić information content (AvgIpc) is 2.81. The van der Waals surface area contributed by atoms with E-state index in [1.807, 2.05) is 10.6 Å². The Balaban J connectivity index is 2.17. The SMILES string of the molecule is CCC1CCC(n2cnc(C#N)c2C#N)CC1. The minimum Gasteiger partial charge on any atom is -0.318 e. The summed E-state index contributed by atoms with van der Waals surface area (Å²) in [5.41, 5.74) is 0.678. The lowest BCUT2D eigenvalue weighted by Crippen LogP contribution is -2.18. The Morgan fingerprint density at radius 1 is 1.29 bits per heavy atom. The van der Waals surface area contributed by atoms with Gasteiger partial charge in [0.05, 0.1) is 6.33 Å². The van der Waals surface area contributed by atoms with Gasteiger partial charge in [-0.2, -0.15) is 10.5 Å². The molecule has 0 N–H and O–H groups in total. The van der Waals surface area contributed by atoms with E-state index in [2.05, 4.69) is 18.0 Å². The Bertz CT molecular complexity index is 467. The lowest BCUT2D eigenvalue weighted by molar-refractivity contribution is 0.268. The summed E-state index contributed by atoms with van der Waals surface area (Å²) in [7, 11) is 0. The summed E-state index contributed by atoms with van der Waals surface area (Å²) in [6.07, 6.45) is 7.50. The Kier molecular flexibility index (Phi) is 3.44. The lowest BCUT2D eigenvalue weighted by atomic mass is 9.84. The molecule has 1 aromatic rings. The summed E-state index contributed by atoms with van der Waals surface area (Å²) in [5, 5.41) is 18.0. The highest BCUT2D eigenvalue weighted by Gasteiger charge is 2.24. The van der Waals surface area contributed by atoms with Crippen molar-refractivity contribution >= 4 is 0 Å². The maximum Gasteiger partial charge on any atom is 0.176 e. The molecule has 0 saturated heterocycles. The van der Waals surface area contributed by atoms with Gasteiger partial charge in [0.1, 0.15) is 12.1 Å². The van der Waals surface area contributed by atoms with Crippen molar-refractivity contribution in [1.82, 2.24) is 9.55 Å². The van der Waals surface area contributed by atoms with Gasteiger partial charge in [0.15, 0.2) is 11.4 Å². The molecule has 1 fully saturated rings. The van der Waals surface area contributed by atoms with E-state index < -0.39 is 0 Å². The predicted molar refractivity (Wildman–Crippen MR) is 62.9 cm³/mol. The molecule has 0 aromatic carbocycles. The van der Waals surface area contributed by atoms with Gasteiger partial charge in [0.25, 0.3) is 0 Å². The number of hydrogen-bond donors (Lipinski definition) is 0. The van der Waals surface area contributed by atoms with Crippen LogP contribution in [0.1, 0.15) is 56.5 Å². The highest BCUT2D eigenvalue weighted by Crippen LogP contribution is 2.34. The maximum absolute atomic E-state index is 9.09. The Morgan fingerprint density at radius 2 is 2.00 bits per heavy atom. The summed E-state index contributed by atoms with van der Waals surface area (Å²) in [4.78, 5) is 4.00. The molecule has 0 atom stereocenters. The molecule has 0 spiro atoms. The fourth-order valence-corrected chi connectivity index (χ4v) is 2.66. The molecule has 0 bridgehead atoms. The van der Waals surface area contributed by atoms with E-state index in [1.54, 1.807) is 6.33 Å². The van der Waals surface area contributed by atoms with Crippen LogP contribution in [0.15, 0.2) is 6.33 Å². The van der Waals surface area contributed by atoms with E-state index >= 15 is 0 Å². The number of rotatable bonds is 2. The van der Waals surface area contributed by atoms with Crippen molar-refractivity contribution in [2.75, 3.05) is 0 Å². The number of aromatic nitrogens is 2. The van der Waals surface area contributed by atoms with E-state index in [9.17, 15) is 0 Å². The van der Waals surface area contributed by atoms with Crippen molar-refractivity contribution in [3.63, 3.8) is 0 Å². The van der Waals surface area contributed by atoms with Crippen LogP contribution in [-0.4, -0.2) is 9.55 Å². The van der Waals surface area contributed by atoms with Gasteiger partial charge in [-0.25, -0.2) is 4.98 Å². The van der Waals surface area contributed by atoms with Crippen molar-refractivity contribution in [3.05, 3.63) is 17.7 Å². The summed E-state index contributed by atoms with van der Waals surface area (Å²) in [5.74, 6) is 0.829. The van der Waals surface area contributed by atoms with Crippen molar-refractivity contribution < 1.29 is 0 Å². The first-order valence-corrected chi connectivity index (χ1v) is 6.17. The molecule has 1 aliphatic carbocycles. The molecule has 1 heterocycles. The van der Waals surface area contributed by atoms with Crippen molar-refractivity contribution in [2.45, 2.75) is 45.1 Å². The standard InChI is InChI=1S/C13H16N4/c1-2-10-3-5-11(6-4-10)17-9-16-12(7-14)13(17)8-15/h9-11H,2-6H2,1H3. The first kappa shape index (κ1) is 11.7. The molecule has 1 aromatic heterocycles. The number of nitriles is 2. The van der Waals surface area contributed by atoms with Crippen LogP contribution >= 0.6 is 0 Å². The fourth-order valence-electron chi connectivity index (χ4n) is 2.66. The van der Waals surface area contributed by atoms with Gasteiger partial charge in [0, 0.05) is 6.04 Å². The van der Waals surface area contributed by atoms with Crippen molar-refractivity contribution in [3.8, 4) is 12.1 Å². The van der Waals surface area contributed by atoms with Crippen molar-refractivity contribution in [2.24, 2.45) is 5.92 Å². The number of hydrogen-bond acceptors (Lipinski definition) is 3. The quantitative estimate of drug-likeness (QED) is 0.781. The molecule has 2 rings (SSSR count). The summed E-state index contributed by atoms with van der Waals surface area (Å²) in [6.45, 7) is 2.23. The zero-order valence-corrected chi connectivity index (χ0v) is 10.1. The average molecular weight is 228 g/mol. The van der Waals surface area contributed by atoms with Gasteiger partial charge in [-0.05, 0) is 31.6 Å². The third kappa shape index (κ3) is 2.17. The van der Waals surface area contributed by atoms with Gasteiger partial charge < -0.3 is 4.57 Å². The van der Waals surface area contributed by atoms with E-state index in [0.717, 1.165) is 18.8 Å². The molecule has 88 valence electrons. The fraction of sp³-hybridized carbons (Fsp3) is 0.615. The Labute approximate surface area is 101 Å². The van der Waals surface area contributed by atoms with Crippen LogP contribution in [0.2, 0.25) is 0 Å². The van der Waals surface area contributed by atoms with E-state index in [-0.39, 0.29) is 5.69 Å². The molecular formula is C13H16N4. The lowest BCUT2D eigenvalue weighted by Gasteiger charge is -2.28. The van der Waals surface area contributed by atoms with Crippen molar-refractivity contribution in [1.29, 1.82) is 10.5 Å². The molecule has 1 aliphatic rings. The first-order chi connectivity index (χ1) is 8.30. The van der Waals surface area contributed by atoms with Gasteiger partial charge in [-0.3, -0.25) is 0 Å². The second-order valence-corrected chi connectivity index (χ2v) is 4.66. The number of nitrogens with zero attached hydrogens (tertiary/aromatic N) is 4. The summed E-state index contributed by atoms with van der Waals surface area (Å²) < 4.78 is 1.89. The maximum atomic E-state index is 9.09. The Morgan fingerprint density at radius 3 is 2.53 bits per heavy atom. The zero-order valence-electron chi connectivity index (χ0n) is 10.1. The monoisotopic (exact) mass is 228 g/mol. The van der Waals surface area contributed by atoms with Crippen LogP contribution < -0.4 is 0 Å². The minimum absolute atomic E-state index is 0.255. The molecule has 4 heteroatoms. The normalized spacial score (nSPS) is 23.9. The Hall–Kier alpha value is -1.81. The molecule has 0 unspecified atom stereocenters. The van der Waals surface area contributed by atoms with Crippen LogP contribution in [0.4, 0.5) is 0 Å². The van der Waals surface area contributed by atoms with Gasteiger partial charge >= 0.3 is 0 Å². The van der Waals surface area contributed by atoms with Gasteiger partial charge in [0.2, 0.25) is 0 Å². The van der Waals surface area contributed by atoms with Gasteiger partial charge in [-0.15, -0.1) is 0 Å². The van der Waals surface area contributed by atoms with E-state index in [1.165, 1.54) is 19.3 Å². The largest absolute Gasteiger partial charge is 0.318 e. The molecular weight excluding hydrogens is 212 g/mol. The summed E-state index contributed by atoms with van der Waals surface area (Å²) >= 11 is 0. The van der Waals surface area contributed by atoms with Crippen LogP contribution in [-0.2, 0) is 0 Å². The first-order valence-electron chi connectivity index (χ1n) is 6.17. The molecule has 0 radical (unpaired) electrons. The van der Waals surface area contributed by atoms with Crippen LogP contribution in [0.3, 0.4) is 0 Å². The summed E-state index contributed by atoms with van der Waals surface area (Å²) in [6, 6.07) is 4.42. The molecule has 0 aliphatic heterocycles. The second-order valence-electron chi connectivity index (χ2n) is 4.66. The highest BCUT2D eigenvalue weighted by molar-refractivity contribution is 5.36. The van der Waals surface area contributed by atoms with Gasteiger partial charge in [-0.1, -0.05) is 13.3 Å². The molecule has 1 saturated carbocycles. The van der Waals surface area contributed by atoms with E-state index in [0.29, 0.717) is 11.7 Å². The molecule has 4 nitrogen and oxygen atoms in total. The highest BCUT2D eigenvalue weighted by atomic mass is 15.1. The van der Waals surface area contributed by atoms with Crippen LogP contribution in [0.5, 0.6) is 0 Å². The smallest absolute Gasteiger partial charge is 0.176 e. The molecule has 17 heavy (non-hydrogen) atoms. The molecule has 0 amide bonds. The van der Waals surface area contributed by atoms with Crippen LogP contribution in [0, 0.1) is 28.6 Å².